The van der Waals surface area contributed by atoms with Crippen LogP contribution < -0.4 is 0 Å². The largest absolute Gasteiger partial charge is 0.478 e. The lowest BCUT2D eigenvalue weighted by atomic mass is 9.81. The van der Waals surface area contributed by atoms with Crippen molar-refractivity contribution in [3.05, 3.63) is 122 Å². The Kier molecular flexibility index (Phi) is 6.18. The van der Waals surface area contributed by atoms with Crippen LogP contribution >= 0.6 is 24.0 Å². The van der Waals surface area contributed by atoms with Gasteiger partial charge in [0.2, 0.25) is 0 Å². The van der Waals surface area contributed by atoms with E-state index in [2.05, 4.69) is 65.7 Å². The minimum Gasteiger partial charge on any atom is -0.478 e. The average Bonchev–Trinajstić information content (AvgIpc) is 3.01. The standard InChI is InChI=1S/C28H22N2O2S2/c1-34-26-25(23(29-28(33)30-26)16-17-7-6-10-20(15-17)27(31)32)24-21-11-4-2-8-18(21)13-14-19-9-3-5-12-22(19)24/h2-15,24H,16H2,1H3,(H,31,32)(H,29,30,33). The van der Waals surface area contributed by atoms with Crippen molar-refractivity contribution in [3.63, 3.8) is 0 Å². The van der Waals surface area contributed by atoms with Crippen molar-refractivity contribution >= 4 is 42.1 Å². The Morgan fingerprint density at radius 3 is 2.26 bits per heavy atom. The molecule has 4 aromatic rings. The SMILES string of the molecule is CSc1nc(=S)[nH]c(Cc2cccc(C(=O)O)c2)c1C1c2ccccc2C=Cc2ccccc21. The molecule has 0 saturated heterocycles. The van der Waals surface area contributed by atoms with E-state index < -0.39 is 5.97 Å². The third-order valence-electron chi connectivity index (χ3n) is 6.11. The van der Waals surface area contributed by atoms with E-state index in [-0.39, 0.29) is 11.5 Å². The fourth-order valence-electron chi connectivity index (χ4n) is 4.63. The number of carboxylic acid groups (broad SMARTS) is 1. The summed E-state index contributed by atoms with van der Waals surface area (Å²) in [6, 6.07) is 23.9. The first-order valence-corrected chi connectivity index (χ1v) is 12.5. The Morgan fingerprint density at radius 2 is 1.65 bits per heavy atom. The van der Waals surface area contributed by atoms with Crippen LogP contribution in [0.25, 0.3) is 12.2 Å². The van der Waals surface area contributed by atoms with Gasteiger partial charge >= 0.3 is 5.97 Å². The second kappa shape index (κ2) is 9.41. The molecule has 5 rings (SSSR count). The van der Waals surface area contributed by atoms with Gasteiger partial charge in [0.25, 0.3) is 0 Å². The van der Waals surface area contributed by atoms with Gasteiger partial charge in [-0.1, -0.05) is 72.8 Å². The van der Waals surface area contributed by atoms with Gasteiger partial charge in [0, 0.05) is 23.6 Å². The molecule has 1 aliphatic carbocycles. The molecule has 0 aliphatic heterocycles. The van der Waals surface area contributed by atoms with E-state index in [0.29, 0.717) is 11.2 Å². The molecule has 0 bridgehead atoms. The van der Waals surface area contributed by atoms with Crippen LogP contribution in [0.4, 0.5) is 0 Å². The highest BCUT2D eigenvalue weighted by Crippen LogP contribution is 2.43. The quantitative estimate of drug-likeness (QED) is 0.164. The van der Waals surface area contributed by atoms with Gasteiger partial charge in [-0.25, -0.2) is 9.78 Å². The molecule has 1 aromatic heterocycles. The summed E-state index contributed by atoms with van der Waals surface area (Å²) >= 11 is 7.07. The first-order chi connectivity index (χ1) is 16.5. The van der Waals surface area contributed by atoms with Crippen LogP contribution in [0.15, 0.2) is 77.8 Å². The van der Waals surface area contributed by atoms with E-state index in [9.17, 15) is 9.90 Å². The van der Waals surface area contributed by atoms with E-state index in [1.54, 1.807) is 30.0 Å². The predicted octanol–water partition coefficient (Wildman–Crippen LogP) is 6.81. The molecule has 1 heterocycles. The van der Waals surface area contributed by atoms with E-state index in [4.69, 9.17) is 17.2 Å². The van der Waals surface area contributed by atoms with Crippen molar-refractivity contribution in [2.45, 2.75) is 17.4 Å². The molecule has 0 amide bonds. The Balaban J connectivity index is 1.76. The minimum absolute atomic E-state index is 0.0538. The summed E-state index contributed by atoms with van der Waals surface area (Å²) in [5, 5.41) is 10.3. The molecule has 0 radical (unpaired) electrons. The number of carboxylic acids is 1. The lowest BCUT2D eigenvalue weighted by Gasteiger charge is -2.25. The molecule has 2 N–H and O–H groups in total. The van der Waals surface area contributed by atoms with Crippen molar-refractivity contribution in [3.8, 4) is 0 Å². The zero-order chi connectivity index (χ0) is 23.7. The van der Waals surface area contributed by atoms with Crippen molar-refractivity contribution in [2.75, 3.05) is 6.26 Å². The smallest absolute Gasteiger partial charge is 0.335 e. The number of hydrogen-bond acceptors (Lipinski definition) is 4. The number of fused-ring (bicyclic) bond motifs is 2. The fraction of sp³-hybridized carbons (Fsp3) is 0.107. The van der Waals surface area contributed by atoms with Crippen LogP contribution in [-0.4, -0.2) is 27.3 Å². The van der Waals surface area contributed by atoms with Crippen LogP contribution in [0.2, 0.25) is 0 Å². The first-order valence-electron chi connectivity index (χ1n) is 10.9. The number of thioether (sulfide) groups is 1. The number of aromatic carboxylic acids is 1. The molecular weight excluding hydrogens is 460 g/mol. The maximum atomic E-state index is 11.5. The van der Waals surface area contributed by atoms with Gasteiger partial charge in [-0.15, -0.1) is 11.8 Å². The average molecular weight is 483 g/mol. The van der Waals surface area contributed by atoms with Gasteiger partial charge in [-0.2, -0.15) is 0 Å². The minimum atomic E-state index is -0.938. The molecule has 1 aliphatic rings. The topological polar surface area (TPSA) is 66.0 Å². The van der Waals surface area contributed by atoms with Crippen LogP contribution in [0.5, 0.6) is 0 Å². The molecule has 0 fully saturated rings. The van der Waals surface area contributed by atoms with E-state index >= 15 is 0 Å². The summed E-state index contributed by atoms with van der Waals surface area (Å²) in [6.45, 7) is 0. The van der Waals surface area contributed by atoms with E-state index in [1.807, 2.05) is 12.3 Å². The molecule has 4 nitrogen and oxygen atoms in total. The van der Waals surface area contributed by atoms with Gasteiger partial charge < -0.3 is 10.1 Å². The van der Waals surface area contributed by atoms with Crippen molar-refractivity contribution in [1.29, 1.82) is 0 Å². The van der Waals surface area contributed by atoms with Crippen molar-refractivity contribution < 1.29 is 9.90 Å². The number of benzene rings is 3. The molecule has 3 aromatic carbocycles. The first kappa shape index (κ1) is 22.3. The van der Waals surface area contributed by atoms with Gasteiger partial charge in [0.05, 0.1) is 5.56 Å². The summed E-state index contributed by atoms with van der Waals surface area (Å²) in [4.78, 5) is 19.6. The Labute approximate surface area is 207 Å². The van der Waals surface area contributed by atoms with Crippen LogP contribution in [0.3, 0.4) is 0 Å². The summed E-state index contributed by atoms with van der Waals surface area (Å²) in [6.07, 6.45) is 6.87. The van der Waals surface area contributed by atoms with Gasteiger partial charge in [-0.05, 0) is 58.4 Å². The number of hydrogen-bond donors (Lipinski definition) is 2. The lowest BCUT2D eigenvalue weighted by molar-refractivity contribution is 0.0696. The molecule has 0 atom stereocenters. The van der Waals surface area contributed by atoms with Gasteiger partial charge in [0.15, 0.2) is 4.77 Å². The van der Waals surface area contributed by atoms with Gasteiger partial charge in [0.1, 0.15) is 5.03 Å². The predicted molar refractivity (Wildman–Crippen MR) is 140 cm³/mol. The van der Waals surface area contributed by atoms with Crippen LogP contribution in [0.1, 0.15) is 55.4 Å². The third kappa shape index (κ3) is 4.22. The molecule has 6 heteroatoms. The highest BCUT2D eigenvalue weighted by atomic mass is 32.2. The van der Waals surface area contributed by atoms with Crippen LogP contribution in [-0.2, 0) is 6.42 Å². The molecule has 0 saturated carbocycles. The Morgan fingerprint density at radius 1 is 1.00 bits per heavy atom. The Hall–Kier alpha value is -3.48. The number of H-pyrrole nitrogens is 1. The van der Waals surface area contributed by atoms with Crippen molar-refractivity contribution in [2.24, 2.45) is 0 Å². The molecule has 0 unspecified atom stereocenters. The number of carbonyl (C=O) groups is 1. The summed E-state index contributed by atoms with van der Waals surface area (Å²) in [5.74, 6) is -0.992. The molecule has 168 valence electrons. The van der Waals surface area contributed by atoms with E-state index in [0.717, 1.165) is 33.0 Å². The highest BCUT2D eigenvalue weighted by molar-refractivity contribution is 7.98. The maximum Gasteiger partial charge on any atom is 0.335 e. The zero-order valence-corrected chi connectivity index (χ0v) is 20.1. The summed E-state index contributed by atoms with van der Waals surface area (Å²) in [7, 11) is 0. The maximum absolute atomic E-state index is 11.5. The second-order valence-electron chi connectivity index (χ2n) is 8.15. The van der Waals surface area contributed by atoms with Crippen LogP contribution in [0, 0.1) is 4.77 Å². The number of aromatic amines is 1. The summed E-state index contributed by atoms with van der Waals surface area (Å²) in [5.41, 5.74) is 7.92. The molecule has 0 spiro atoms. The van der Waals surface area contributed by atoms with Gasteiger partial charge in [-0.3, -0.25) is 0 Å². The fourth-order valence-corrected chi connectivity index (χ4v) is 5.54. The monoisotopic (exact) mass is 482 g/mol. The summed E-state index contributed by atoms with van der Waals surface area (Å²) < 4.78 is 0.422. The second-order valence-corrected chi connectivity index (χ2v) is 9.33. The molecular formula is C28H22N2O2S2. The van der Waals surface area contributed by atoms with E-state index in [1.165, 1.54) is 11.1 Å². The third-order valence-corrected chi connectivity index (χ3v) is 7.00. The lowest BCUT2D eigenvalue weighted by Crippen LogP contribution is -2.13. The highest BCUT2D eigenvalue weighted by Gasteiger charge is 2.28. The number of nitrogens with one attached hydrogen (secondary N) is 1. The Bertz CT molecular complexity index is 1440. The molecule has 34 heavy (non-hydrogen) atoms. The number of aromatic nitrogens is 2. The normalized spacial score (nSPS) is 12.6. The zero-order valence-electron chi connectivity index (χ0n) is 18.5. The number of nitrogens with zero attached hydrogens (tertiary/aromatic N) is 1. The number of rotatable bonds is 5. The van der Waals surface area contributed by atoms with Crippen molar-refractivity contribution in [1.82, 2.24) is 9.97 Å².